The van der Waals surface area contributed by atoms with E-state index in [4.69, 9.17) is 30.9 Å². The number of carboxylic acids is 1. The first-order valence-corrected chi connectivity index (χ1v) is 8.70. The van der Waals surface area contributed by atoms with Crippen LogP contribution in [0.1, 0.15) is 5.56 Å². The lowest BCUT2D eigenvalue weighted by molar-refractivity contribution is -0.157. The Balaban J connectivity index is 2.46. The minimum Gasteiger partial charge on any atom is -0.508 e. The number of ether oxygens (including phenoxy) is 3. The van der Waals surface area contributed by atoms with E-state index in [0.29, 0.717) is 11.6 Å². The van der Waals surface area contributed by atoms with Crippen molar-refractivity contribution >= 4 is 29.3 Å². The summed E-state index contributed by atoms with van der Waals surface area (Å²) in [6.45, 7) is 0. The van der Waals surface area contributed by atoms with Crippen molar-refractivity contribution in [2.45, 2.75) is 18.2 Å². The quantitative estimate of drug-likeness (QED) is 0.318. The molecule has 0 aromatic heterocycles. The number of phenolic OH excluding ortho intramolecular Hbond substituents is 1. The van der Waals surface area contributed by atoms with Gasteiger partial charge in [0.2, 0.25) is 11.6 Å². The number of aromatic hydroxyl groups is 1. The van der Waals surface area contributed by atoms with Crippen LogP contribution in [-0.4, -0.2) is 61.1 Å². The van der Waals surface area contributed by atoms with Crippen LogP contribution in [0.3, 0.4) is 0 Å². The molecule has 0 saturated heterocycles. The molecule has 29 heavy (non-hydrogen) atoms. The van der Waals surface area contributed by atoms with Crippen LogP contribution in [-0.2, 0) is 35.0 Å². The number of hydrogen-bond acceptors (Lipinski definition) is 8. The molecule has 2 rings (SSSR count). The zero-order chi connectivity index (χ0) is 21.8. The highest BCUT2D eigenvalue weighted by Gasteiger charge is 2.52. The standard InChI is InChI=1S/C19H20ClNO8/c1-27-18(26)13(8-10-4-6-11(22)7-5-10)21-17-15(20)16(25)12(9-14(23)24)19(17,28-2)29-3/h4-7,9,13,21-22H,8H2,1-3H3,(H,23,24)/b12-9+. The highest BCUT2D eigenvalue weighted by molar-refractivity contribution is 6.47. The van der Waals surface area contributed by atoms with Gasteiger partial charge in [-0.2, -0.15) is 0 Å². The fraction of sp³-hybridized carbons (Fsp3) is 0.316. The van der Waals surface area contributed by atoms with Crippen molar-refractivity contribution in [1.29, 1.82) is 0 Å². The van der Waals surface area contributed by atoms with Crippen LogP contribution < -0.4 is 5.32 Å². The van der Waals surface area contributed by atoms with Crippen molar-refractivity contribution in [2.75, 3.05) is 21.3 Å². The third-order valence-electron chi connectivity index (χ3n) is 4.37. The van der Waals surface area contributed by atoms with Gasteiger partial charge in [-0.1, -0.05) is 23.7 Å². The fourth-order valence-electron chi connectivity index (χ4n) is 2.99. The highest BCUT2D eigenvalue weighted by Crippen LogP contribution is 2.41. The minimum absolute atomic E-state index is 0.0599. The number of carbonyl (C=O) groups is 3. The van der Waals surface area contributed by atoms with Crippen LogP contribution in [0.15, 0.2) is 46.6 Å². The van der Waals surface area contributed by atoms with Crippen LogP contribution in [0.4, 0.5) is 0 Å². The van der Waals surface area contributed by atoms with Crippen LogP contribution >= 0.6 is 11.6 Å². The number of methoxy groups -OCH3 is 3. The highest BCUT2D eigenvalue weighted by atomic mass is 35.5. The largest absolute Gasteiger partial charge is 0.508 e. The molecule has 9 nitrogen and oxygen atoms in total. The van der Waals surface area contributed by atoms with Crippen molar-refractivity contribution in [1.82, 2.24) is 5.32 Å². The van der Waals surface area contributed by atoms with Crippen LogP contribution in [0.25, 0.3) is 0 Å². The number of allylic oxidation sites excluding steroid dienone is 1. The summed E-state index contributed by atoms with van der Waals surface area (Å²) in [4.78, 5) is 36.0. The summed E-state index contributed by atoms with van der Waals surface area (Å²) in [6, 6.07) is 5.11. The van der Waals surface area contributed by atoms with Crippen LogP contribution in [0.5, 0.6) is 5.75 Å². The van der Waals surface area contributed by atoms with Gasteiger partial charge in [0.15, 0.2) is 0 Å². The van der Waals surface area contributed by atoms with Gasteiger partial charge in [0.05, 0.1) is 18.4 Å². The second-order valence-corrected chi connectivity index (χ2v) is 6.41. The van der Waals surface area contributed by atoms with E-state index in [2.05, 4.69) is 5.32 Å². The summed E-state index contributed by atoms with van der Waals surface area (Å²) >= 11 is 6.15. The molecule has 10 heteroatoms. The minimum atomic E-state index is -1.94. The Labute approximate surface area is 171 Å². The summed E-state index contributed by atoms with van der Waals surface area (Å²) in [5.41, 5.74) is 0.208. The molecule has 156 valence electrons. The zero-order valence-electron chi connectivity index (χ0n) is 15.9. The van der Waals surface area contributed by atoms with E-state index in [1.807, 2.05) is 0 Å². The normalized spacial score (nSPS) is 18.1. The summed E-state index contributed by atoms with van der Waals surface area (Å²) in [6.07, 6.45) is 0.746. The van der Waals surface area contributed by atoms with Crippen molar-refractivity contribution in [3.8, 4) is 5.75 Å². The number of carboxylic acid groups (broad SMARTS) is 1. The number of benzene rings is 1. The van der Waals surface area contributed by atoms with E-state index in [1.54, 1.807) is 12.1 Å². The van der Waals surface area contributed by atoms with Crippen LogP contribution in [0, 0.1) is 0 Å². The molecule has 1 unspecified atom stereocenters. The Hall–Kier alpha value is -2.88. The predicted octanol–water partition coefficient (Wildman–Crippen LogP) is 1.10. The fourth-order valence-corrected chi connectivity index (χ4v) is 3.27. The number of ketones is 1. The van der Waals surface area contributed by atoms with E-state index in [0.717, 1.165) is 0 Å². The Kier molecular flexibility index (Phi) is 7.02. The molecule has 0 aliphatic heterocycles. The van der Waals surface area contributed by atoms with E-state index >= 15 is 0 Å². The number of aliphatic carboxylic acids is 1. The predicted molar refractivity (Wildman–Crippen MR) is 101 cm³/mol. The van der Waals surface area contributed by atoms with Gasteiger partial charge in [-0.05, 0) is 17.7 Å². The van der Waals surface area contributed by atoms with E-state index < -0.39 is 29.6 Å². The first-order valence-electron chi connectivity index (χ1n) is 8.32. The van der Waals surface area contributed by atoms with Gasteiger partial charge >= 0.3 is 11.9 Å². The van der Waals surface area contributed by atoms with Crippen LogP contribution in [0.2, 0.25) is 0 Å². The lowest BCUT2D eigenvalue weighted by Crippen LogP contribution is -2.48. The molecule has 0 amide bonds. The second kappa shape index (κ2) is 9.08. The van der Waals surface area contributed by atoms with E-state index in [1.165, 1.54) is 33.5 Å². The maximum absolute atomic E-state index is 12.5. The molecule has 0 heterocycles. The smallest absolute Gasteiger partial charge is 0.328 e. The molecule has 1 aliphatic rings. The van der Waals surface area contributed by atoms with Crippen molar-refractivity contribution in [3.05, 3.63) is 52.2 Å². The number of nitrogens with one attached hydrogen (secondary N) is 1. The molecule has 1 aliphatic carbocycles. The molecular weight excluding hydrogens is 406 g/mol. The van der Waals surface area contributed by atoms with Gasteiger partial charge in [0, 0.05) is 26.7 Å². The Morgan fingerprint density at radius 1 is 1.21 bits per heavy atom. The maximum atomic E-state index is 12.5. The lowest BCUT2D eigenvalue weighted by atomic mass is 10.0. The van der Waals surface area contributed by atoms with Crippen molar-refractivity contribution in [2.24, 2.45) is 0 Å². The topological polar surface area (TPSA) is 131 Å². The Bertz CT molecular complexity index is 871. The number of Topliss-reactive ketones (excluding diaryl/α,β-unsaturated/α-hetero) is 1. The van der Waals surface area contributed by atoms with E-state index in [9.17, 15) is 19.5 Å². The molecule has 1 aromatic carbocycles. The van der Waals surface area contributed by atoms with Gasteiger partial charge in [-0.3, -0.25) is 4.79 Å². The van der Waals surface area contributed by atoms with Gasteiger partial charge in [-0.25, -0.2) is 9.59 Å². The Morgan fingerprint density at radius 2 is 1.79 bits per heavy atom. The number of halogens is 1. The summed E-state index contributed by atoms with van der Waals surface area (Å²) < 4.78 is 15.5. The number of rotatable bonds is 8. The monoisotopic (exact) mass is 425 g/mol. The van der Waals surface area contributed by atoms with Gasteiger partial charge in [0.1, 0.15) is 16.8 Å². The third kappa shape index (κ3) is 4.42. The summed E-state index contributed by atoms with van der Waals surface area (Å²) in [7, 11) is 3.60. The van der Waals surface area contributed by atoms with Gasteiger partial charge in [-0.15, -0.1) is 0 Å². The lowest BCUT2D eigenvalue weighted by Gasteiger charge is -2.32. The molecule has 0 bridgehead atoms. The molecule has 1 atom stereocenters. The molecule has 0 spiro atoms. The number of hydrogen-bond donors (Lipinski definition) is 3. The third-order valence-corrected chi connectivity index (χ3v) is 4.73. The average molecular weight is 426 g/mol. The van der Waals surface area contributed by atoms with Crippen molar-refractivity contribution < 1.29 is 38.8 Å². The summed E-state index contributed by atoms with van der Waals surface area (Å²) in [5.74, 6) is -4.75. The van der Waals surface area contributed by atoms with Gasteiger partial charge in [0.25, 0.3) is 0 Å². The molecule has 0 saturated carbocycles. The Morgan fingerprint density at radius 3 is 2.28 bits per heavy atom. The summed E-state index contributed by atoms with van der Waals surface area (Å²) in [5, 5.41) is 21.0. The molecule has 1 aromatic rings. The number of carbonyl (C=O) groups excluding carboxylic acids is 2. The van der Waals surface area contributed by atoms with Crippen molar-refractivity contribution in [3.63, 3.8) is 0 Å². The zero-order valence-corrected chi connectivity index (χ0v) is 16.6. The molecule has 0 fully saturated rings. The second-order valence-electron chi connectivity index (χ2n) is 6.03. The first kappa shape index (κ1) is 22.4. The number of phenols is 1. The SMILES string of the molecule is COC(=O)C(Cc1ccc(O)cc1)NC1=C(Cl)C(=O)/C(=C\C(=O)O)C1(OC)OC. The molecule has 0 radical (unpaired) electrons. The van der Waals surface area contributed by atoms with Gasteiger partial charge < -0.3 is 29.7 Å². The molecular formula is C19H20ClNO8. The van der Waals surface area contributed by atoms with E-state index in [-0.39, 0.29) is 28.5 Å². The first-order chi connectivity index (χ1) is 13.7. The maximum Gasteiger partial charge on any atom is 0.328 e. The number of esters is 1. The average Bonchev–Trinajstić information content (AvgIpc) is 2.89. The molecule has 3 N–H and O–H groups in total.